The Morgan fingerprint density at radius 3 is 2.66 bits per heavy atom. The molecular formula is C22H21F3N2O4S. The third-order valence-corrected chi connectivity index (χ3v) is 6.18. The molecule has 0 spiro atoms. The van der Waals surface area contributed by atoms with Gasteiger partial charge in [-0.3, -0.25) is 4.90 Å². The summed E-state index contributed by atoms with van der Waals surface area (Å²) in [5.41, 5.74) is 1.18. The number of ether oxygens (including phenoxy) is 1. The predicted octanol–water partition coefficient (Wildman–Crippen LogP) is 4.13. The van der Waals surface area contributed by atoms with Crippen LogP contribution in [0.4, 0.5) is 13.2 Å². The summed E-state index contributed by atoms with van der Waals surface area (Å²) in [6, 6.07) is 13.5. The first-order chi connectivity index (χ1) is 15.3. The van der Waals surface area contributed by atoms with Crippen LogP contribution >= 0.6 is 11.8 Å². The van der Waals surface area contributed by atoms with Crippen molar-refractivity contribution in [3.05, 3.63) is 71.5 Å². The molecule has 1 atom stereocenters. The van der Waals surface area contributed by atoms with Crippen LogP contribution in [-0.2, 0) is 19.3 Å². The molecule has 10 heteroatoms. The molecule has 0 radical (unpaired) electrons. The van der Waals surface area contributed by atoms with Gasteiger partial charge in [0.25, 0.3) is 0 Å². The Hall–Kier alpha value is -2.53. The highest BCUT2D eigenvalue weighted by Crippen LogP contribution is 2.31. The van der Waals surface area contributed by atoms with Gasteiger partial charge < -0.3 is 19.5 Å². The number of hydrogen-bond acceptors (Lipinski definition) is 7. The minimum Gasteiger partial charge on any atom is -0.486 e. The largest absolute Gasteiger partial charge is 0.486 e. The number of aromatic nitrogens is 1. The van der Waals surface area contributed by atoms with Gasteiger partial charge in [0.05, 0.1) is 11.6 Å². The molecule has 1 aromatic heterocycles. The van der Waals surface area contributed by atoms with Crippen molar-refractivity contribution in [1.82, 2.24) is 10.1 Å². The van der Waals surface area contributed by atoms with E-state index in [1.54, 1.807) is 23.9 Å². The van der Waals surface area contributed by atoms with Gasteiger partial charge in [-0.05, 0) is 29.8 Å². The second-order valence-electron chi connectivity index (χ2n) is 7.42. The first-order valence-electron chi connectivity index (χ1n) is 9.82. The lowest BCUT2D eigenvalue weighted by Crippen LogP contribution is -2.40. The molecule has 0 bridgehead atoms. The van der Waals surface area contributed by atoms with E-state index in [2.05, 4.69) is 5.16 Å². The van der Waals surface area contributed by atoms with Crippen LogP contribution in [0.2, 0.25) is 0 Å². The normalized spacial score (nSPS) is 17.2. The zero-order valence-electron chi connectivity index (χ0n) is 16.8. The zero-order chi connectivity index (χ0) is 22.7. The highest BCUT2D eigenvalue weighted by atomic mass is 32.2. The van der Waals surface area contributed by atoms with Crippen molar-refractivity contribution in [3.8, 4) is 17.0 Å². The van der Waals surface area contributed by atoms with Gasteiger partial charge in [-0.2, -0.15) is 13.2 Å². The zero-order valence-corrected chi connectivity index (χ0v) is 17.6. The van der Waals surface area contributed by atoms with E-state index >= 15 is 0 Å². The van der Waals surface area contributed by atoms with Gasteiger partial charge >= 0.3 is 6.18 Å². The maximum atomic E-state index is 12.7. The number of aliphatic hydroxyl groups is 2. The lowest BCUT2D eigenvalue weighted by atomic mass is 10.1. The summed E-state index contributed by atoms with van der Waals surface area (Å²) in [7, 11) is 0. The van der Waals surface area contributed by atoms with Crippen LogP contribution in [0, 0.1) is 0 Å². The molecule has 2 heterocycles. The van der Waals surface area contributed by atoms with Crippen LogP contribution in [0.15, 0.2) is 59.1 Å². The Morgan fingerprint density at radius 1 is 1.16 bits per heavy atom. The lowest BCUT2D eigenvalue weighted by Gasteiger charge is -2.24. The van der Waals surface area contributed by atoms with E-state index < -0.39 is 18.0 Å². The summed E-state index contributed by atoms with van der Waals surface area (Å²) in [5.74, 6) is 2.44. The van der Waals surface area contributed by atoms with Crippen molar-refractivity contribution < 1.29 is 32.6 Å². The standard InChI is InChI=1S/C22H21F3N2O4S/c23-22(24,25)16-6-4-15(5-7-16)19-9-18(31-26-19)11-30-17-3-1-2-14(8-17)10-27-13-32-12-20(27)21(28)29/h1-9,20-21,28-29H,10-13H2/t20-/m0/s1. The highest BCUT2D eigenvalue weighted by molar-refractivity contribution is 7.99. The molecule has 0 saturated carbocycles. The van der Waals surface area contributed by atoms with Crippen molar-refractivity contribution in [2.75, 3.05) is 11.6 Å². The van der Waals surface area contributed by atoms with E-state index in [0.717, 1.165) is 23.6 Å². The molecule has 1 aliphatic heterocycles. The predicted molar refractivity (Wildman–Crippen MR) is 113 cm³/mol. The quantitative estimate of drug-likeness (QED) is 0.507. The number of alkyl halides is 3. The summed E-state index contributed by atoms with van der Waals surface area (Å²) < 4.78 is 49.2. The van der Waals surface area contributed by atoms with Crippen molar-refractivity contribution in [2.45, 2.75) is 31.7 Å². The molecule has 32 heavy (non-hydrogen) atoms. The Balaban J connectivity index is 1.36. The van der Waals surface area contributed by atoms with E-state index in [0.29, 0.717) is 35.1 Å². The smallest absolute Gasteiger partial charge is 0.416 e. The second-order valence-corrected chi connectivity index (χ2v) is 8.42. The molecule has 1 fully saturated rings. The fraction of sp³-hybridized carbons (Fsp3) is 0.318. The summed E-state index contributed by atoms with van der Waals surface area (Å²) in [6.07, 6.45) is -5.77. The second kappa shape index (κ2) is 9.53. The van der Waals surface area contributed by atoms with E-state index in [-0.39, 0.29) is 12.6 Å². The van der Waals surface area contributed by atoms with Gasteiger partial charge in [0, 0.05) is 29.8 Å². The van der Waals surface area contributed by atoms with Gasteiger partial charge in [-0.25, -0.2) is 0 Å². The highest BCUT2D eigenvalue weighted by Gasteiger charge is 2.31. The van der Waals surface area contributed by atoms with Gasteiger partial charge in [-0.15, -0.1) is 11.8 Å². The fourth-order valence-electron chi connectivity index (χ4n) is 3.40. The van der Waals surface area contributed by atoms with Crippen LogP contribution in [-0.4, -0.2) is 44.2 Å². The molecule has 0 amide bonds. The van der Waals surface area contributed by atoms with Gasteiger partial charge in [0.1, 0.15) is 18.1 Å². The van der Waals surface area contributed by atoms with Crippen molar-refractivity contribution in [2.24, 2.45) is 0 Å². The third-order valence-electron chi connectivity index (χ3n) is 5.09. The van der Waals surface area contributed by atoms with E-state index in [9.17, 15) is 23.4 Å². The molecule has 3 aromatic rings. The molecule has 2 aromatic carbocycles. The summed E-state index contributed by atoms with van der Waals surface area (Å²) >= 11 is 1.65. The number of hydrogen-bond donors (Lipinski definition) is 2. The lowest BCUT2D eigenvalue weighted by molar-refractivity contribution is -0.137. The average molecular weight is 466 g/mol. The molecule has 0 aliphatic carbocycles. The molecule has 1 saturated heterocycles. The van der Waals surface area contributed by atoms with Gasteiger partial charge in [0.2, 0.25) is 0 Å². The van der Waals surface area contributed by atoms with Crippen LogP contribution < -0.4 is 4.74 Å². The van der Waals surface area contributed by atoms with E-state index in [1.165, 1.54) is 12.1 Å². The Bertz CT molecular complexity index is 1040. The Kier molecular flexibility index (Phi) is 6.75. The Labute approximate surface area is 186 Å². The number of rotatable bonds is 7. The molecule has 6 nitrogen and oxygen atoms in total. The van der Waals surface area contributed by atoms with Crippen LogP contribution in [0.1, 0.15) is 16.9 Å². The first kappa shape index (κ1) is 22.7. The molecule has 0 unspecified atom stereocenters. The molecule has 1 aliphatic rings. The maximum Gasteiger partial charge on any atom is 0.416 e. The van der Waals surface area contributed by atoms with Crippen molar-refractivity contribution in [1.29, 1.82) is 0 Å². The molecule has 4 rings (SSSR count). The number of aliphatic hydroxyl groups excluding tert-OH is 1. The van der Waals surface area contributed by atoms with Gasteiger partial charge in [-0.1, -0.05) is 29.4 Å². The average Bonchev–Trinajstić information content (AvgIpc) is 3.42. The molecule has 2 N–H and O–H groups in total. The fourth-order valence-corrected chi connectivity index (χ4v) is 4.65. The number of halogens is 3. The maximum absolute atomic E-state index is 12.7. The SMILES string of the molecule is OC(O)[C@@H]1CSCN1Cc1cccc(OCc2cc(-c3ccc(C(F)(F)F)cc3)no2)c1. The third kappa shape index (κ3) is 5.44. The van der Waals surface area contributed by atoms with Crippen LogP contribution in [0.3, 0.4) is 0 Å². The summed E-state index contributed by atoms with van der Waals surface area (Å²) in [4.78, 5) is 2.00. The van der Waals surface area contributed by atoms with E-state index in [1.807, 2.05) is 23.1 Å². The first-order valence-corrected chi connectivity index (χ1v) is 11.0. The van der Waals surface area contributed by atoms with Crippen molar-refractivity contribution in [3.63, 3.8) is 0 Å². The topological polar surface area (TPSA) is 79.0 Å². The number of benzene rings is 2. The summed E-state index contributed by atoms with van der Waals surface area (Å²) in [5, 5.41) is 22.9. The molecule has 170 valence electrons. The van der Waals surface area contributed by atoms with Crippen LogP contribution in [0.5, 0.6) is 5.75 Å². The minimum absolute atomic E-state index is 0.106. The Morgan fingerprint density at radius 2 is 1.94 bits per heavy atom. The minimum atomic E-state index is -4.39. The van der Waals surface area contributed by atoms with E-state index in [4.69, 9.17) is 9.26 Å². The number of nitrogens with zero attached hydrogens (tertiary/aromatic N) is 2. The van der Waals surface area contributed by atoms with Crippen molar-refractivity contribution >= 4 is 11.8 Å². The molecular weight excluding hydrogens is 445 g/mol. The van der Waals surface area contributed by atoms with Crippen LogP contribution in [0.25, 0.3) is 11.3 Å². The van der Waals surface area contributed by atoms with Gasteiger partial charge in [0.15, 0.2) is 12.1 Å². The summed E-state index contributed by atoms with van der Waals surface area (Å²) in [6.45, 7) is 0.668. The number of thioether (sulfide) groups is 1. The monoisotopic (exact) mass is 466 g/mol.